The fourth-order valence-electron chi connectivity index (χ4n) is 6.72. The van der Waals surface area contributed by atoms with E-state index in [1.54, 1.807) is 12.1 Å². The Morgan fingerprint density at radius 1 is 0.639 bits per heavy atom. The van der Waals surface area contributed by atoms with E-state index in [4.69, 9.17) is 10.8 Å². The Morgan fingerprint density at radius 3 is 1.64 bits per heavy atom. The van der Waals surface area contributed by atoms with Crippen LogP contribution in [0.2, 0.25) is 0 Å². The van der Waals surface area contributed by atoms with Gasteiger partial charge in [-0.15, -0.1) is 0 Å². The summed E-state index contributed by atoms with van der Waals surface area (Å²) in [5, 5.41) is 29.3. The SMILES string of the molecule is CCCNc1ccc(C(=O)NCCCC[C@H](NC(=O)CC[C@H](CC(=O)[C@H](CS(=O)(=O)O)NC(=O)CCCCCCCCCCCCCCCCC(=O)O)C(=O)O)C(N)=O)cc1. The molecule has 0 heterocycles. The van der Waals surface area contributed by atoms with Crippen molar-refractivity contribution in [3.05, 3.63) is 29.8 Å². The highest BCUT2D eigenvalue weighted by molar-refractivity contribution is 7.85. The van der Waals surface area contributed by atoms with Crippen molar-refractivity contribution in [2.24, 2.45) is 11.7 Å². The van der Waals surface area contributed by atoms with Crippen LogP contribution in [0.4, 0.5) is 5.69 Å². The normalized spacial score (nSPS) is 12.8. The molecule has 1 aromatic rings. The van der Waals surface area contributed by atoms with Crippen molar-refractivity contribution >= 4 is 57.2 Å². The van der Waals surface area contributed by atoms with Crippen molar-refractivity contribution in [3.63, 3.8) is 0 Å². The number of hydrogen-bond donors (Lipinski definition) is 8. The third-order valence-electron chi connectivity index (χ3n) is 10.3. The van der Waals surface area contributed by atoms with Crippen LogP contribution in [-0.4, -0.2) is 95.5 Å². The molecule has 9 N–H and O–H groups in total. The monoisotopic (exact) mass is 881 g/mol. The van der Waals surface area contributed by atoms with Crippen molar-refractivity contribution < 1.29 is 56.7 Å². The fourth-order valence-corrected chi connectivity index (χ4v) is 7.41. The molecule has 0 aliphatic rings. The molecule has 346 valence electrons. The number of Topliss-reactive ketones (excluding diaryl/α,β-unsaturated/α-hetero) is 1. The predicted molar refractivity (Wildman–Crippen MR) is 232 cm³/mol. The predicted octanol–water partition coefficient (Wildman–Crippen LogP) is 5.52. The molecule has 0 saturated carbocycles. The first-order valence-electron chi connectivity index (χ1n) is 21.9. The van der Waals surface area contributed by atoms with Gasteiger partial charge in [0.1, 0.15) is 17.8 Å². The number of benzene rings is 1. The molecule has 1 aromatic carbocycles. The number of nitrogens with one attached hydrogen (secondary N) is 4. The largest absolute Gasteiger partial charge is 0.481 e. The topological polar surface area (TPSA) is 288 Å². The van der Waals surface area contributed by atoms with Gasteiger partial charge in [-0.05, 0) is 69.2 Å². The third kappa shape index (κ3) is 28.6. The van der Waals surface area contributed by atoms with Gasteiger partial charge in [-0.25, -0.2) is 0 Å². The molecule has 0 aliphatic heterocycles. The van der Waals surface area contributed by atoms with Gasteiger partial charge >= 0.3 is 11.9 Å². The van der Waals surface area contributed by atoms with E-state index in [-0.39, 0.29) is 31.6 Å². The number of ketones is 1. The number of hydrogen-bond acceptors (Lipinski definition) is 10. The Balaban J connectivity index is 2.43. The number of carbonyl (C=O) groups excluding carboxylic acids is 5. The van der Waals surface area contributed by atoms with E-state index in [0.29, 0.717) is 31.4 Å². The highest BCUT2D eigenvalue weighted by Gasteiger charge is 2.31. The number of nitrogens with two attached hydrogens (primary N) is 1. The van der Waals surface area contributed by atoms with Gasteiger partial charge in [-0.1, -0.05) is 84.0 Å². The molecule has 61 heavy (non-hydrogen) atoms. The van der Waals surface area contributed by atoms with Crippen LogP contribution in [0.5, 0.6) is 0 Å². The molecule has 0 saturated heterocycles. The summed E-state index contributed by atoms with van der Waals surface area (Å²) in [5.74, 6) is -8.03. The first kappa shape index (κ1) is 54.4. The van der Waals surface area contributed by atoms with Crippen LogP contribution in [0.25, 0.3) is 0 Å². The summed E-state index contributed by atoms with van der Waals surface area (Å²) in [4.78, 5) is 85.5. The zero-order valence-electron chi connectivity index (χ0n) is 35.9. The second-order valence-electron chi connectivity index (χ2n) is 15.7. The molecule has 0 fully saturated rings. The van der Waals surface area contributed by atoms with Gasteiger partial charge in [-0.3, -0.25) is 38.1 Å². The number of carboxylic acids is 2. The molecule has 0 spiro atoms. The summed E-state index contributed by atoms with van der Waals surface area (Å²) in [5.41, 5.74) is 6.88. The molecular weight excluding hydrogens is 811 g/mol. The lowest BCUT2D eigenvalue weighted by Crippen LogP contribution is -2.46. The molecule has 0 radical (unpaired) electrons. The Labute approximate surface area is 361 Å². The number of carboxylic acid groups (broad SMARTS) is 2. The van der Waals surface area contributed by atoms with E-state index in [2.05, 4.69) is 28.2 Å². The summed E-state index contributed by atoms with van der Waals surface area (Å²) < 4.78 is 32.8. The zero-order chi connectivity index (χ0) is 45.5. The average Bonchev–Trinajstić information content (AvgIpc) is 3.19. The lowest BCUT2D eigenvalue weighted by molar-refractivity contribution is -0.144. The van der Waals surface area contributed by atoms with Gasteiger partial charge in [0.25, 0.3) is 16.0 Å². The molecule has 0 unspecified atom stereocenters. The van der Waals surface area contributed by atoms with E-state index in [9.17, 15) is 51.6 Å². The number of aliphatic carboxylic acids is 2. The van der Waals surface area contributed by atoms with Gasteiger partial charge in [0.2, 0.25) is 17.7 Å². The summed E-state index contributed by atoms with van der Waals surface area (Å²) >= 11 is 0. The summed E-state index contributed by atoms with van der Waals surface area (Å²) in [6, 6.07) is 4.31. The minimum absolute atomic E-state index is 0.00942. The second-order valence-corrected chi connectivity index (χ2v) is 17.2. The smallest absolute Gasteiger partial charge is 0.306 e. The van der Waals surface area contributed by atoms with Crippen molar-refractivity contribution in [2.75, 3.05) is 24.2 Å². The molecule has 1 rings (SSSR count). The fraction of sp³-hybridized carbons (Fsp3) is 0.698. The van der Waals surface area contributed by atoms with Crippen LogP contribution in [-0.2, 0) is 38.9 Å². The first-order valence-corrected chi connectivity index (χ1v) is 23.6. The lowest BCUT2D eigenvalue weighted by Gasteiger charge is -2.19. The number of rotatable bonds is 38. The number of carbonyl (C=O) groups is 7. The number of amides is 4. The van der Waals surface area contributed by atoms with E-state index < -0.39 is 82.2 Å². The molecule has 0 aromatic heterocycles. The number of anilines is 1. The van der Waals surface area contributed by atoms with E-state index in [1.807, 2.05) is 12.1 Å². The molecule has 18 heteroatoms. The van der Waals surface area contributed by atoms with E-state index in [1.165, 1.54) is 12.8 Å². The average molecular weight is 882 g/mol. The van der Waals surface area contributed by atoms with Crippen LogP contribution in [0.15, 0.2) is 24.3 Å². The van der Waals surface area contributed by atoms with E-state index in [0.717, 1.165) is 89.3 Å². The molecule has 4 amide bonds. The third-order valence-corrected chi connectivity index (χ3v) is 11.0. The quantitative estimate of drug-likeness (QED) is 0.0300. The van der Waals surface area contributed by atoms with Gasteiger partial charge in [0.15, 0.2) is 5.78 Å². The maximum absolute atomic E-state index is 13.1. The summed E-state index contributed by atoms with van der Waals surface area (Å²) in [6.07, 6.45) is 14.7. The van der Waals surface area contributed by atoms with Crippen LogP contribution in [0.1, 0.15) is 165 Å². The lowest BCUT2D eigenvalue weighted by atomic mass is 9.94. The van der Waals surface area contributed by atoms with E-state index >= 15 is 0 Å². The Kier molecular flexibility index (Phi) is 28.7. The maximum Gasteiger partial charge on any atom is 0.306 e. The van der Waals surface area contributed by atoms with Crippen molar-refractivity contribution in [1.82, 2.24) is 16.0 Å². The van der Waals surface area contributed by atoms with Gasteiger partial charge in [-0.2, -0.15) is 8.42 Å². The number of unbranched alkanes of at least 4 members (excludes halogenated alkanes) is 14. The van der Waals surface area contributed by atoms with Crippen molar-refractivity contribution in [3.8, 4) is 0 Å². The molecule has 0 bridgehead atoms. The Hall–Kier alpha value is -4.58. The van der Waals surface area contributed by atoms with Crippen LogP contribution >= 0.6 is 0 Å². The van der Waals surface area contributed by atoms with Crippen LogP contribution in [0, 0.1) is 5.92 Å². The van der Waals surface area contributed by atoms with Crippen LogP contribution in [0.3, 0.4) is 0 Å². The maximum atomic E-state index is 13.1. The summed E-state index contributed by atoms with van der Waals surface area (Å²) in [7, 11) is -4.74. The number of primary amides is 1. The highest BCUT2D eigenvalue weighted by atomic mass is 32.2. The van der Waals surface area contributed by atoms with Crippen molar-refractivity contribution in [1.29, 1.82) is 0 Å². The summed E-state index contributed by atoms with van der Waals surface area (Å²) in [6.45, 7) is 3.18. The van der Waals surface area contributed by atoms with Crippen LogP contribution < -0.4 is 27.0 Å². The minimum atomic E-state index is -4.74. The highest BCUT2D eigenvalue weighted by Crippen LogP contribution is 2.17. The Morgan fingerprint density at radius 2 is 1.15 bits per heavy atom. The molecule has 3 atom stereocenters. The second kappa shape index (κ2) is 32.2. The molecule has 17 nitrogen and oxygen atoms in total. The zero-order valence-corrected chi connectivity index (χ0v) is 36.7. The Bertz CT molecular complexity index is 1610. The van der Waals surface area contributed by atoms with Gasteiger partial charge in [0.05, 0.1) is 5.92 Å². The standard InChI is InChI=1S/C43H71N5O12S/c1-2-28-45-34-25-22-32(23-26-34)42(55)46-29-18-17-19-35(41(44)54)47-39(51)27-24-33(43(56)57)30-37(49)36(31-61(58,59)60)48-38(50)20-15-13-11-9-7-5-3-4-6-8-10-12-14-16-21-40(52)53/h22-23,25-26,33,35-36,45H,2-21,24,27-31H2,1H3,(H2,44,54)(H,46,55)(H,47,51)(H,48,50)(H,52,53)(H,56,57)(H,58,59,60)/t33-,35+,36+/m1/s1. The van der Waals surface area contributed by atoms with Gasteiger partial charge in [0, 0.05) is 50.0 Å². The van der Waals surface area contributed by atoms with Crippen molar-refractivity contribution in [2.45, 2.75) is 167 Å². The first-order chi connectivity index (χ1) is 29.0. The molecular formula is C43H71N5O12S. The minimum Gasteiger partial charge on any atom is -0.481 e. The van der Waals surface area contributed by atoms with Gasteiger partial charge < -0.3 is 37.2 Å². The molecule has 0 aliphatic carbocycles.